The molecule has 0 bridgehead atoms. The van der Waals surface area contributed by atoms with E-state index in [0.717, 1.165) is 24.1 Å². The molecule has 0 aromatic heterocycles. The molecule has 3 nitrogen and oxygen atoms in total. The van der Waals surface area contributed by atoms with E-state index in [0.29, 0.717) is 12.1 Å². The Morgan fingerprint density at radius 2 is 2.17 bits per heavy atom. The molecule has 98 valence electrons. The van der Waals surface area contributed by atoms with Gasteiger partial charge in [-0.15, -0.1) is 0 Å². The fourth-order valence-electron chi connectivity index (χ4n) is 2.54. The zero-order chi connectivity index (χ0) is 13.0. The number of rotatable bonds is 3. The molecular formula is C15H22N2O. The highest BCUT2D eigenvalue weighted by Gasteiger charge is 2.18. The van der Waals surface area contributed by atoms with Crippen molar-refractivity contribution in [3.05, 3.63) is 35.4 Å². The molecule has 0 saturated carbocycles. The van der Waals surface area contributed by atoms with Crippen molar-refractivity contribution in [2.75, 3.05) is 6.54 Å². The van der Waals surface area contributed by atoms with Gasteiger partial charge in [0.15, 0.2) is 0 Å². The summed E-state index contributed by atoms with van der Waals surface area (Å²) in [4.78, 5) is 12.1. The second-order valence-electron chi connectivity index (χ2n) is 5.22. The lowest BCUT2D eigenvalue weighted by atomic mass is 9.99. The summed E-state index contributed by atoms with van der Waals surface area (Å²) < 4.78 is 0. The number of carbonyl (C=O) groups excluding carboxylic acids is 1. The van der Waals surface area contributed by atoms with E-state index >= 15 is 0 Å². The summed E-state index contributed by atoms with van der Waals surface area (Å²) in [7, 11) is 0. The standard InChI is InChI=1S/C15H22N2O/c1-11-6-3-4-9-14(11)15(18)16-10-13-8-5-7-12(2)17-13/h3-4,6,9,12-13,17H,5,7-8,10H2,1-2H3,(H,16,18). The average Bonchev–Trinajstić information content (AvgIpc) is 2.37. The van der Waals surface area contributed by atoms with E-state index in [2.05, 4.69) is 17.6 Å². The summed E-state index contributed by atoms with van der Waals surface area (Å²) in [6, 6.07) is 8.69. The summed E-state index contributed by atoms with van der Waals surface area (Å²) in [5, 5.41) is 6.55. The number of benzene rings is 1. The van der Waals surface area contributed by atoms with Crippen LogP contribution in [0.15, 0.2) is 24.3 Å². The topological polar surface area (TPSA) is 41.1 Å². The Kier molecular flexibility index (Phi) is 4.37. The van der Waals surface area contributed by atoms with Crippen LogP contribution in [0.25, 0.3) is 0 Å². The third kappa shape index (κ3) is 3.33. The van der Waals surface area contributed by atoms with E-state index < -0.39 is 0 Å². The molecule has 1 aliphatic rings. The zero-order valence-corrected chi connectivity index (χ0v) is 11.2. The van der Waals surface area contributed by atoms with E-state index in [9.17, 15) is 4.79 Å². The Labute approximate surface area is 109 Å². The molecule has 1 amide bonds. The maximum atomic E-state index is 12.1. The number of piperidine rings is 1. The first-order chi connectivity index (χ1) is 8.66. The number of aryl methyl sites for hydroxylation is 1. The van der Waals surface area contributed by atoms with E-state index in [1.807, 2.05) is 31.2 Å². The van der Waals surface area contributed by atoms with Crippen LogP contribution >= 0.6 is 0 Å². The molecular weight excluding hydrogens is 224 g/mol. The number of carbonyl (C=O) groups is 1. The molecule has 2 rings (SSSR count). The van der Waals surface area contributed by atoms with Crippen molar-refractivity contribution < 1.29 is 4.79 Å². The molecule has 0 aliphatic carbocycles. The molecule has 1 fully saturated rings. The molecule has 1 saturated heterocycles. The Morgan fingerprint density at radius 1 is 1.39 bits per heavy atom. The summed E-state index contributed by atoms with van der Waals surface area (Å²) in [5.41, 5.74) is 1.81. The Hall–Kier alpha value is -1.35. The van der Waals surface area contributed by atoms with Gasteiger partial charge < -0.3 is 10.6 Å². The maximum absolute atomic E-state index is 12.1. The van der Waals surface area contributed by atoms with E-state index in [1.54, 1.807) is 0 Å². The smallest absolute Gasteiger partial charge is 0.251 e. The zero-order valence-electron chi connectivity index (χ0n) is 11.2. The van der Waals surface area contributed by atoms with Gasteiger partial charge in [0, 0.05) is 24.2 Å². The van der Waals surface area contributed by atoms with E-state index in [-0.39, 0.29) is 5.91 Å². The van der Waals surface area contributed by atoms with Gasteiger partial charge in [0.2, 0.25) is 0 Å². The number of amides is 1. The normalized spacial score (nSPS) is 23.7. The van der Waals surface area contributed by atoms with Crippen molar-refractivity contribution in [2.45, 2.75) is 45.2 Å². The molecule has 0 spiro atoms. The van der Waals surface area contributed by atoms with Gasteiger partial charge in [0.25, 0.3) is 5.91 Å². The molecule has 3 heteroatoms. The number of nitrogens with one attached hydrogen (secondary N) is 2. The molecule has 1 aromatic carbocycles. The van der Waals surface area contributed by atoms with Crippen LogP contribution in [-0.2, 0) is 0 Å². The minimum Gasteiger partial charge on any atom is -0.350 e. The van der Waals surface area contributed by atoms with E-state index in [1.165, 1.54) is 12.8 Å². The SMILES string of the molecule is Cc1ccccc1C(=O)NCC1CCCC(C)N1. The third-order valence-corrected chi connectivity index (χ3v) is 3.61. The molecule has 1 heterocycles. The maximum Gasteiger partial charge on any atom is 0.251 e. The number of hydrogen-bond donors (Lipinski definition) is 2. The molecule has 18 heavy (non-hydrogen) atoms. The summed E-state index contributed by atoms with van der Waals surface area (Å²) in [6.07, 6.45) is 3.64. The fraction of sp³-hybridized carbons (Fsp3) is 0.533. The lowest BCUT2D eigenvalue weighted by molar-refractivity contribution is 0.0945. The van der Waals surface area contributed by atoms with Crippen LogP contribution < -0.4 is 10.6 Å². The molecule has 2 unspecified atom stereocenters. The minimum absolute atomic E-state index is 0.0353. The average molecular weight is 246 g/mol. The predicted octanol–water partition coefficient (Wildman–Crippen LogP) is 2.26. The highest BCUT2D eigenvalue weighted by molar-refractivity contribution is 5.95. The van der Waals surface area contributed by atoms with Crippen LogP contribution in [0.2, 0.25) is 0 Å². The highest BCUT2D eigenvalue weighted by atomic mass is 16.1. The first-order valence-electron chi connectivity index (χ1n) is 6.76. The summed E-state index contributed by atoms with van der Waals surface area (Å²) in [5.74, 6) is 0.0353. The monoisotopic (exact) mass is 246 g/mol. The number of hydrogen-bond acceptors (Lipinski definition) is 2. The second-order valence-corrected chi connectivity index (χ2v) is 5.22. The van der Waals surface area contributed by atoms with Gasteiger partial charge in [-0.3, -0.25) is 4.79 Å². The van der Waals surface area contributed by atoms with Crippen LogP contribution in [-0.4, -0.2) is 24.5 Å². The summed E-state index contributed by atoms with van der Waals surface area (Å²) >= 11 is 0. The predicted molar refractivity (Wildman–Crippen MR) is 73.7 cm³/mol. The van der Waals surface area contributed by atoms with E-state index in [4.69, 9.17) is 0 Å². The van der Waals surface area contributed by atoms with Crippen LogP contribution in [0.4, 0.5) is 0 Å². The van der Waals surface area contributed by atoms with Crippen LogP contribution in [0.5, 0.6) is 0 Å². The van der Waals surface area contributed by atoms with Gasteiger partial charge in [0.05, 0.1) is 0 Å². The quantitative estimate of drug-likeness (QED) is 0.859. The third-order valence-electron chi connectivity index (χ3n) is 3.61. The van der Waals surface area contributed by atoms with Gasteiger partial charge >= 0.3 is 0 Å². The lowest BCUT2D eigenvalue weighted by Crippen LogP contribution is -2.47. The lowest BCUT2D eigenvalue weighted by Gasteiger charge is -2.28. The Morgan fingerprint density at radius 3 is 2.89 bits per heavy atom. The minimum atomic E-state index is 0.0353. The van der Waals surface area contributed by atoms with Crippen LogP contribution in [0.1, 0.15) is 42.1 Å². The van der Waals surface area contributed by atoms with Crippen LogP contribution in [0.3, 0.4) is 0 Å². The Balaban J connectivity index is 1.87. The molecule has 0 radical (unpaired) electrons. The molecule has 2 N–H and O–H groups in total. The van der Waals surface area contributed by atoms with Crippen molar-refractivity contribution >= 4 is 5.91 Å². The molecule has 2 atom stereocenters. The Bertz CT molecular complexity index is 417. The van der Waals surface area contributed by atoms with Gasteiger partial charge in [-0.05, 0) is 38.3 Å². The van der Waals surface area contributed by atoms with Crippen molar-refractivity contribution in [1.82, 2.24) is 10.6 Å². The van der Waals surface area contributed by atoms with Gasteiger partial charge in [-0.2, -0.15) is 0 Å². The second kappa shape index (κ2) is 6.01. The van der Waals surface area contributed by atoms with Gasteiger partial charge in [0.1, 0.15) is 0 Å². The van der Waals surface area contributed by atoms with Crippen molar-refractivity contribution in [1.29, 1.82) is 0 Å². The molecule has 1 aliphatic heterocycles. The largest absolute Gasteiger partial charge is 0.350 e. The summed E-state index contributed by atoms with van der Waals surface area (Å²) in [6.45, 7) is 4.89. The first-order valence-corrected chi connectivity index (χ1v) is 6.76. The van der Waals surface area contributed by atoms with Crippen LogP contribution in [0, 0.1) is 6.92 Å². The van der Waals surface area contributed by atoms with Crippen molar-refractivity contribution in [3.63, 3.8) is 0 Å². The van der Waals surface area contributed by atoms with Crippen molar-refractivity contribution in [3.8, 4) is 0 Å². The van der Waals surface area contributed by atoms with Gasteiger partial charge in [-0.25, -0.2) is 0 Å². The highest BCUT2D eigenvalue weighted by Crippen LogP contribution is 2.12. The molecule has 1 aromatic rings. The first kappa shape index (κ1) is 13.1. The fourth-order valence-corrected chi connectivity index (χ4v) is 2.54. The van der Waals surface area contributed by atoms with Gasteiger partial charge in [-0.1, -0.05) is 24.6 Å². The van der Waals surface area contributed by atoms with Crippen molar-refractivity contribution in [2.24, 2.45) is 0 Å².